The Morgan fingerprint density at radius 3 is 2.11 bits per heavy atom. The van der Waals surface area contributed by atoms with Crippen molar-refractivity contribution in [2.75, 3.05) is 0 Å². The lowest BCUT2D eigenvalue weighted by atomic mass is 10.2. The van der Waals surface area contributed by atoms with Gasteiger partial charge in [-0.3, -0.25) is 4.79 Å². The van der Waals surface area contributed by atoms with Crippen molar-refractivity contribution in [3.05, 3.63) is 65.1 Å². The highest BCUT2D eigenvalue weighted by molar-refractivity contribution is 5.93. The highest BCUT2D eigenvalue weighted by Crippen LogP contribution is 2.09. The predicted octanol–water partition coefficient (Wildman–Crippen LogP) is 2.58. The van der Waals surface area contributed by atoms with Gasteiger partial charge in [-0.2, -0.15) is 0 Å². The molecule has 0 saturated heterocycles. The third-order valence-corrected chi connectivity index (χ3v) is 1.99. The molecule has 1 amide bonds. The number of phenolic OH excluding ortho intramolecular Hbond substituents is 1. The zero-order valence-electron chi connectivity index (χ0n) is 9.48. The molecule has 92 valence electrons. The molecule has 0 aliphatic rings. The van der Waals surface area contributed by atoms with Gasteiger partial charge >= 0.3 is 0 Å². The van der Waals surface area contributed by atoms with Crippen molar-refractivity contribution in [3.63, 3.8) is 0 Å². The maximum Gasteiger partial charge on any atom is 0.248 e. The Hall–Kier alpha value is -2.69. The van der Waals surface area contributed by atoms with E-state index in [0.29, 0.717) is 11.3 Å². The molecule has 3 N–H and O–H groups in total. The van der Waals surface area contributed by atoms with Crippen molar-refractivity contribution in [1.82, 2.24) is 0 Å². The second-order valence-electron chi connectivity index (χ2n) is 3.34. The van der Waals surface area contributed by atoms with Gasteiger partial charge in [-0.25, -0.2) is 0 Å². The first-order valence-corrected chi connectivity index (χ1v) is 5.10. The average Bonchev–Trinajstić information content (AvgIpc) is 2.40. The molecule has 0 atom stereocenters. The van der Waals surface area contributed by atoms with Crippen molar-refractivity contribution >= 4 is 11.6 Å². The summed E-state index contributed by atoms with van der Waals surface area (Å²) in [5, 5.41) is 11.6. The van der Waals surface area contributed by atoms with Crippen molar-refractivity contribution in [3.8, 4) is 5.75 Å². The van der Waals surface area contributed by atoms with E-state index in [1.807, 2.05) is 6.07 Å². The Morgan fingerprint density at radius 2 is 1.72 bits per heavy atom. The van der Waals surface area contributed by atoms with Gasteiger partial charge in [0.25, 0.3) is 0 Å². The molecule has 0 bridgehead atoms. The van der Waals surface area contributed by atoms with Crippen LogP contribution < -0.4 is 5.73 Å². The molecule has 5 heteroatoms. The van der Waals surface area contributed by atoms with Crippen LogP contribution in [0.3, 0.4) is 0 Å². The molecule has 5 nitrogen and oxygen atoms in total. The first-order valence-electron chi connectivity index (χ1n) is 5.10. The fourth-order valence-corrected chi connectivity index (χ4v) is 1.15. The van der Waals surface area contributed by atoms with E-state index in [2.05, 4.69) is 5.18 Å². The van der Waals surface area contributed by atoms with Crippen LogP contribution in [-0.2, 0) is 0 Å². The quantitative estimate of drug-likeness (QED) is 0.795. The summed E-state index contributed by atoms with van der Waals surface area (Å²) < 4.78 is 0. The summed E-state index contributed by atoms with van der Waals surface area (Å²) in [6.45, 7) is 0. The van der Waals surface area contributed by atoms with Gasteiger partial charge in [-0.15, -0.1) is 4.91 Å². The fraction of sp³-hybridized carbons (Fsp3) is 0. The van der Waals surface area contributed by atoms with E-state index in [1.165, 1.54) is 12.1 Å². The Bertz CT molecular complexity index is 527. The van der Waals surface area contributed by atoms with E-state index >= 15 is 0 Å². The van der Waals surface area contributed by atoms with E-state index in [9.17, 15) is 9.70 Å². The van der Waals surface area contributed by atoms with Gasteiger partial charge in [0.2, 0.25) is 5.91 Å². The van der Waals surface area contributed by atoms with Crippen LogP contribution in [0.25, 0.3) is 0 Å². The average molecular weight is 244 g/mol. The number of carbonyl (C=O) groups is 1. The Kier molecular flexibility index (Phi) is 5.05. The van der Waals surface area contributed by atoms with Crippen LogP contribution in [0.1, 0.15) is 10.4 Å². The molecule has 2 aromatic rings. The molecule has 0 aliphatic carbocycles. The Morgan fingerprint density at radius 1 is 1.06 bits per heavy atom. The molecule has 2 aromatic carbocycles. The standard InChI is InChI=1S/C7H7NO2.C6H5NO/c8-7(10)5-2-1-3-6(9)4-5;8-7-6-4-2-1-3-5-6/h1-4,9H,(H2,8,10);1-5H. The summed E-state index contributed by atoms with van der Waals surface area (Å²) in [5.41, 5.74) is 5.73. The molecule has 0 aromatic heterocycles. The largest absolute Gasteiger partial charge is 0.508 e. The second-order valence-corrected chi connectivity index (χ2v) is 3.34. The van der Waals surface area contributed by atoms with Gasteiger partial charge in [0.1, 0.15) is 11.4 Å². The van der Waals surface area contributed by atoms with E-state index in [0.717, 1.165) is 0 Å². The zero-order valence-corrected chi connectivity index (χ0v) is 9.48. The number of nitrogens with two attached hydrogens (primary N) is 1. The minimum absolute atomic E-state index is 0.0521. The van der Waals surface area contributed by atoms with Crippen molar-refractivity contribution in [2.24, 2.45) is 10.9 Å². The first-order chi connectivity index (χ1) is 8.63. The number of nitrogens with zero attached hydrogens (tertiary/aromatic N) is 1. The molecule has 2 rings (SSSR count). The first kappa shape index (κ1) is 13.4. The lowest BCUT2D eigenvalue weighted by Gasteiger charge is -1.93. The van der Waals surface area contributed by atoms with E-state index < -0.39 is 5.91 Å². The summed E-state index contributed by atoms with van der Waals surface area (Å²) in [5.74, 6) is -0.479. The summed E-state index contributed by atoms with van der Waals surface area (Å²) >= 11 is 0. The molecular formula is C13H12N2O3. The number of carbonyl (C=O) groups excluding carboxylic acids is 1. The van der Waals surface area contributed by atoms with E-state index in [-0.39, 0.29) is 5.75 Å². The lowest BCUT2D eigenvalue weighted by Crippen LogP contribution is -2.10. The number of phenols is 1. The zero-order chi connectivity index (χ0) is 13.4. The molecule has 0 saturated carbocycles. The normalized spacial score (nSPS) is 8.89. The predicted molar refractivity (Wildman–Crippen MR) is 68.5 cm³/mol. The third-order valence-electron chi connectivity index (χ3n) is 1.99. The minimum Gasteiger partial charge on any atom is -0.508 e. The minimum atomic E-state index is -0.532. The van der Waals surface area contributed by atoms with Crippen LogP contribution in [0.2, 0.25) is 0 Å². The topological polar surface area (TPSA) is 92.8 Å². The molecule has 0 radical (unpaired) electrons. The van der Waals surface area contributed by atoms with Crippen LogP contribution in [0, 0.1) is 4.91 Å². The summed E-state index contributed by atoms with van der Waals surface area (Å²) in [6, 6.07) is 14.6. The van der Waals surface area contributed by atoms with Crippen molar-refractivity contribution < 1.29 is 9.90 Å². The van der Waals surface area contributed by atoms with Gasteiger partial charge < -0.3 is 10.8 Å². The summed E-state index contributed by atoms with van der Waals surface area (Å²) in [4.78, 5) is 20.2. The molecule has 0 aliphatic heterocycles. The van der Waals surface area contributed by atoms with Crippen LogP contribution in [0.5, 0.6) is 5.75 Å². The number of amides is 1. The number of hydrogen-bond donors (Lipinski definition) is 2. The smallest absolute Gasteiger partial charge is 0.248 e. The van der Waals surface area contributed by atoms with Gasteiger partial charge in [0.05, 0.1) is 0 Å². The number of benzene rings is 2. The van der Waals surface area contributed by atoms with Crippen LogP contribution in [-0.4, -0.2) is 11.0 Å². The molecular weight excluding hydrogens is 232 g/mol. The number of rotatable bonds is 2. The van der Waals surface area contributed by atoms with Crippen LogP contribution >= 0.6 is 0 Å². The van der Waals surface area contributed by atoms with E-state index in [4.69, 9.17) is 10.8 Å². The Labute approximate surface area is 104 Å². The lowest BCUT2D eigenvalue weighted by molar-refractivity contribution is 0.1000. The number of nitroso groups, excluding NO2 is 1. The number of aromatic hydroxyl groups is 1. The van der Waals surface area contributed by atoms with Crippen molar-refractivity contribution in [2.45, 2.75) is 0 Å². The molecule has 0 fully saturated rings. The van der Waals surface area contributed by atoms with Gasteiger partial charge in [-0.1, -0.05) is 24.3 Å². The van der Waals surface area contributed by atoms with E-state index in [1.54, 1.807) is 36.4 Å². The number of hydrogen-bond acceptors (Lipinski definition) is 4. The SMILES string of the molecule is NC(=O)c1cccc(O)c1.O=Nc1ccccc1. The Balaban J connectivity index is 0.000000184. The number of primary amides is 1. The van der Waals surface area contributed by atoms with Gasteiger partial charge in [-0.05, 0) is 35.5 Å². The van der Waals surface area contributed by atoms with Gasteiger partial charge in [0.15, 0.2) is 0 Å². The highest BCUT2D eigenvalue weighted by Gasteiger charge is 1.98. The summed E-state index contributed by atoms with van der Waals surface area (Å²) in [6.07, 6.45) is 0. The molecule has 0 unspecified atom stereocenters. The molecule has 18 heavy (non-hydrogen) atoms. The molecule has 0 spiro atoms. The summed E-state index contributed by atoms with van der Waals surface area (Å²) in [7, 11) is 0. The second kappa shape index (κ2) is 6.80. The maximum absolute atomic E-state index is 10.5. The molecule has 0 heterocycles. The highest BCUT2D eigenvalue weighted by atomic mass is 16.3. The van der Waals surface area contributed by atoms with Gasteiger partial charge in [0, 0.05) is 5.56 Å². The fourth-order valence-electron chi connectivity index (χ4n) is 1.15. The third kappa shape index (κ3) is 4.44. The van der Waals surface area contributed by atoms with Crippen LogP contribution in [0.15, 0.2) is 59.8 Å². The van der Waals surface area contributed by atoms with Crippen molar-refractivity contribution in [1.29, 1.82) is 0 Å². The monoisotopic (exact) mass is 244 g/mol. The maximum atomic E-state index is 10.5. The van der Waals surface area contributed by atoms with Crippen LogP contribution in [0.4, 0.5) is 5.69 Å².